The SMILES string of the molecule is Cc1cccc(-c2csc(Cn3ccc(C)n3)n2)c1.O=C=O. The highest BCUT2D eigenvalue weighted by atomic mass is 32.1. The monoisotopic (exact) mass is 313 g/mol. The van der Waals surface area contributed by atoms with Crippen LogP contribution in [0, 0.1) is 13.8 Å². The van der Waals surface area contributed by atoms with Gasteiger partial charge in [-0.1, -0.05) is 23.8 Å². The lowest BCUT2D eigenvalue weighted by molar-refractivity contribution is -0.191. The van der Waals surface area contributed by atoms with Crippen LogP contribution in [0.15, 0.2) is 41.9 Å². The van der Waals surface area contributed by atoms with Crippen LogP contribution in [0.2, 0.25) is 0 Å². The number of carbonyl (C=O) groups excluding carboxylic acids is 2. The van der Waals surface area contributed by atoms with Crippen LogP contribution in [0.5, 0.6) is 0 Å². The molecule has 0 saturated carbocycles. The standard InChI is InChI=1S/C15H15N3S.CO2/c1-11-4-3-5-13(8-11)14-10-19-15(16-14)9-18-7-6-12(2)17-18;2-1-3/h3-8,10H,9H2,1-2H3;. The summed E-state index contributed by atoms with van der Waals surface area (Å²) in [5.41, 5.74) is 4.52. The minimum absolute atomic E-state index is 0.250. The summed E-state index contributed by atoms with van der Waals surface area (Å²) in [5, 5.41) is 7.58. The van der Waals surface area contributed by atoms with Crippen molar-refractivity contribution in [1.29, 1.82) is 0 Å². The predicted molar refractivity (Wildman–Crippen MR) is 83.4 cm³/mol. The fourth-order valence-corrected chi connectivity index (χ4v) is 2.80. The molecule has 0 atom stereocenters. The molecule has 0 spiro atoms. The number of hydrogen-bond acceptors (Lipinski definition) is 5. The van der Waals surface area contributed by atoms with Crippen LogP contribution in [-0.2, 0) is 16.1 Å². The molecule has 0 aliphatic carbocycles. The van der Waals surface area contributed by atoms with Crippen LogP contribution in [0.3, 0.4) is 0 Å². The molecule has 0 unspecified atom stereocenters. The molecule has 3 aromatic rings. The van der Waals surface area contributed by atoms with Gasteiger partial charge < -0.3 is 0 Å². The average molecular weight is 313 g/mol. The topological polar surface area (TPSA) is 64.8 Å². The molecule has 1 aromatic carbocycles. The van der Waals surface area contributed by atoms with E-state index in [-0.39, 0.29) is 6.15 Å². The van der Waals surface area contributed by atoms with Crippen LogP contribution < -0.4 is 0 Å². The zero-order valence-electron chi connectivity index (χ0n) is 12.3. The summed E-state index contributed by atoms with van der Waals surface area (Å²) in [5.74, 6) is 0. The number of thiazole rings is 1. The van der Waals surface area contributed by atoms with Gasteiger partial charge in [-0.25, -0.2) is 4.98 Å². The van der Waals surface area contributed by atoms with Gasteiger partial charge in [-0.3, -0.25) is 4.68 Å². The number of hydrogen-bond donors (Lipinski definition) is 0. The maximum Gasteiger partial charge on any atom is 0.373 e. The Labute approximate surface area is 132 Å². The largest absolute Gasteiger partial charge is 0.373 e. The molecule has 5 nitrogen and oxygen atoms in total. The molecule has 0 amide bonds. The Hall–Kier alpha value is -2.56. The summed E-state index contributed by atoms with van der Waals surface area (Å²) in [7, 11) is 0. The van der Waals surface area contributed by atoms with Crippen molar-refractivity contribution in [1.82, 2.24) is 14.8 Å². The van der Waals surface area contributed by atoms with Crippen molar-refractivity contribution in [2.75, 3.05) is 0 Å². The zero-order valence-corrected chi connectivity index (χ0v) is 13.1. The minimum atomic E-state index is 0.250. The van der Waals surface area contributed by atoms with Crippen LogP contribution >= 0.6 is 11.3 Å². The molecule has 0 radical (unpaired) electrons. The third-order valence-corrected chi connectivity index (χ3v) is 3.77. The number of nitrogens with zero attached hydrogens (tertiary/aromatic N) is 3. The Balaban J connectivity index is 0.000000545. The Kier molecular flexibility index (Phi) is 5.36. The molecule has 0 saturated heterocycles. The quantitative estimate of drug-likeness (QED) is 0.745. The van der Waals surface area contributed by atoms with Gasteiger partial charge in [0.15, 0.2) is 0 Å². The molecule has 2 heterocycles. The molecule has 0 aliphatic heterocycles. The van der Waals surface area contributed by atoms with Crippen molar-refractivity contribution < 1.29 is 9.59 Å². The third-order valence-electron chi connectivity index (χ3n) is 2.94. The van der Waals surface area contributed by atoms with Gasteiger partial charge in [0.25, 0.3) is 0 Å². The van der Waals surface area contributed by atoms with E-state index in [1.54, 1.807) is 11.3 Å². The van der Waals surface area contributed by atoms with Crippen molar-refractivity contribution in [2.45, 2.75) is 20.4 Å². The second kappa shape index (κ2) is 7.45. The van der Waals surface area contributed by atoms with Crippen LogP contribution in [0.25, 0.3) is 11.3 Å². The second-order valence-corrected chi connectivity index (χ2v) is 5.68. The van der Waals surface area contributed by atoms with E-state index in [1.165, 1.54) is 11.1 Å². The van der Waals surface area contributed by atoms with E-state index in [2.05, 4.69) is 46.7 Å². The molecular formula is C16H15N3O2S. The van der Waals surface area contributed by atoms with E-state index >= 15 is 0 Å². The first-order chi connectivity index (χ1) is 10.6. The molecule has 3 rings (SSSR count). The molecule has 112 valence electrons. The lowest BCUT2D eigenvalue weighted by Gasteiger charge is -1.99. The summed E-state index contributed by atoms with van der Waals surface area (Å²) < 4.78 is 1.92. The predicted octanol–water partition coefficient (Wildman–Crippen LogP) is 3.09. The van der Waals surface area contributed by atoms with Crippen LogP contribution in [-0.4, -0.2) is 20.9 Å². The molecular weight excluding hydrogens is 298 g/mol. The number of aromatic nitrogens is 3. The summed E-state index contributed by atoms with van der Waals surface area (Å²) in [4.78, 5) is 20.9. The smallest absolute Gasteiger partial charge is 0.266 e. The van der Waals surface area contributed by atoms with Crippen molar-refractivity contribution in [3.05, 3.63) is 58.2 Å². The third kappa shape index (κ3) is 4.22. The average Bonchev–Trinajstić information content (AvgIpc) is 3.10. The van der Waals surface area contributed by atoms with E-state index in [0.29, 0.717) is 0 Å². The van der Waals surface area contributed by atoms with Crippen LogP contribution in [0.4, 0.5) is 0 Å². The normalized spacial score (nSPS) is 9.73. The molecule has 0 bridgehead atoms. The van der Waals surface area contributed by atoms with Gasteiger partial charge in [0.1, 0.15) is 5.01 Å². The summed E-state index contributed by atoms with van der Waals surface area (Å²) in [6.07, 6.45) is 2.24. The number of benzene rings is 1. The first-order valence-corrected chi connectivity index (χ1v) is 7.51. The number of aryl methyl sites for hydroxylation is 2. The first-order valence-electron chi connectivity index (χ1n) is 6.63. The molecule has 0 aliphatic rings. The lowest BCUT2D eigenvalue weighted by atomic mass is 10.1. The van der Waals surface area contributed by atoms with Crippen molar-refractivity contribution in [2.24, 2.45) is 0 Å². The Bertz CT molecular complexity index is 786. The fraction of sp³-hybridized carbons (Fsp3) is 0.188. The fourth-order valence-electron chi connectivity index (χ4n) is 2.01. The Morgan fingerprint density at radius 3 is 2.64 bits per heavy atom. The van der Waals surface area contributed by atoms with E-state index in [0.717, 1.165) is 22.9 Å². The van der Waals surface area contributed by atoms with Gasteiger partial charge in [-0.05, 0) is 26.0 Å². The zero-order chi connectivity index (χ0) is 15.9. The summed E-state index contributed by atoms with van der Waals surface area (Å²) in [6, 6.07) is 10.4. The van der Waals surface area contributed by atoms with E-state index in [9.17, 15) is 0 Å². The van der Waals surface area contributed by atoms with Gasteiger partial charge in [0.05, 0.1) is 17.9 Å². The maximum atomic E-state index is 8.12. The van der Waals surface area contributed by atoms with Crippen molar-refractivity contribution >= 4 is 17.5 Å². The van der Waals surface area contributed by atoms with E-state index in [1.807, 2.05) is 23.9 Å². The molecule has 2 aromatic heterocycles. The lowest BCUT2D eigenvalue weighted by Crippen LogP contribution is -1.99. The van der Waals surface area contributed by atoms with Gasteiger partial charge in [-0.2, -0.15) is 14.7 Å². The van der Waals surface area contributed by atoms with Gasteiger partial charge >= 0.3 is 6.15 Å². The minimum Gasteiger partial charge on any atom is -0.266 e. The van der Waals surface area contributed by atoms with Crippen LogP contribution in [0.1, 0.15) is 16.3 Å². The van der Waals surface area contributed by atoms with Crippen molar-refractivity contribution in [3.63, 3.8) is 0 Å². The second-order valence-electron chi connectivity index (χ2n) is 4.73. The highest BCUT2D eigenvalue weighted by Crippen LogP contribution is 2.23. The number of rotatable bonds is 3. The maximum absolute atomic E-state index is 8.12. The van der Waals surface area contributed by atoms with E-state index < -0.39 is 0 Å². The molecule has 6 heteroatoms. The Morgan fingerprint density at radius 1 is 1.23 bits per heavy atom. The van der Waals surface area contributed by atoms with Crippen molar-refractivity contribution in [3.8, 4) is 11.3 Å². The first kappa shape index (κ1) is 15.8. The van der Waals surface area contributed by atoms with Gasteiger partial charge in [-0.15, -0.1) is 11.3 Å². The van der Waals surface area contributed by atoms with Gasteiger partial charge in [0.2, 0.25) is 0 Å². The highest BCUT2D eigenvalue weighted by Gasteiger charge is 2.05. The van der Waals surface area contributed by atoms with Gasteiger partial charge in [0, 0.05) is 17.1 Å². The molecule has 0 N–H and O–H groups in total. The summed E-state index contributed by atoms with van der Waals surface area (Å²) >= 11 is 1.68. The van der Waals surface area contributed by atoms with E-state index in [4.69, 9.17) is 9.59 Å². The molecule has 0 fully saturated rings. The molecule has 22 heavy (non-hydrogen) atoms. The highest BCUT2D eigenvalue weighted by molar-refractivity contribution is 7.09. The Morgan fingerprint density at radius 2 is 2.00 bits per heavy atom. The summed E-state index contributed by atoms with van der Waals surface area (Å²) in [6.45, 7) is 4.84.